The number of anilines is 1. The molecule has 1 saturated heterocycles. The number of benzene rings is 1. The summed E-state index contributed by atoms with van der Waals surface area (Å²) in [7, 11) is 0. The van der Waals surface area contributed by atoms with Gasteiger partial charge < -0.3 is 16.0 Å². The van der Waals surface area contributed by atoms with E-state index in [-0.39, 0.29) is 24.4 Å². The van der Waals surface area contributed by atoms with Crippen LogP contribution in [0.4, 0.5) is 5.69 Å². The van der Waals surface area contributed by atoms with Crippen molar-refractivity contribution in [2.75, 3.05) is 18.4 Å². The molecule has 0 aromatic heterocycles. The normalized spacial score (nSPS) is 18.1. The van der Waals surface area contributed by atoms with E-state index in [0.717, 1.165) is 25.8 Å². The zero-order valence-electron chi connectivity index (χ0n) is 11.4. The van der Waals surface area contributed by atoms with Crippen molar-refractivity contribution in [2.24, 2.45) is 0 Å². The van der Waals surface area contributed by atoms with E-state index in [0.29, 0.717) is 15.7 Å². The Kier molecular flexibility index (Phi) is 5.85. The number of hydrogen-bond acceptors (Lipinski definition) is 3. The Hall–Kier alpha value is -1.30. The van der Waals surface area contributed by atoms with Crippen LogP contribution in [0.3, 0.4) is 0 Å². The minimum atomic E-state index is -0.344. The van der Waals surface area contributed by atoms with Crippen molar-refractivity contribution in [2.45, 2.75) is 25.3 Å². The van der Waals surface area contributed by atoms with Crippen LogP contribution in [0.25, 0.3) is 0 Å². The van der Waals surface area contributed by atoms with Crippen LogP contribution >= 0.6 is 23.2 Å². The zero-order chi connectivity index (χ0) is 15.2. The number of carbonyl (C=O) groups excluding carboxylic acids is 2. The Bertz CT molecular complexity index is 531. The molecule has 0 bridgehead atoms. The first-order chi connectivity index (χ1) is 10.1. The van der Waals surface area contributed by atoms with E-state index in [4.69, 9.17) is 23.2 Å². The molecule has 1 aliphatic heterocycles. The second-order valence-electron chi connectivity index (χ2n) is 4.89. The first-order valence-corrected chi connectivity index (χ1v) is 7.58. The molecular formula is C14H17Cl2N3O2. The zero-order valence-corrected chi connectivity index (χ0v) is 12.9. The number of rotatable bonds is 4. The summed E-state index contributed by atoms with van der Waals surface area (Å²) >= 11 is 11.8. The molecular weight excluding hydrogens is 313 g/mol. The monoisotopic (exact) mass is 329 g/mol. The first-order valence-electron chi connectivity index (χ1n) is 6.82. The fourth-order valence-electron chi connectivity index (χ4n) is 2.15. The largest absolute Gasteiger partial charge is 0.346 e. The molecule has 0 radical (unpaired) electrons. The van der Waals surface area contributed by atoms with Gasteiger partial charge in [-0.15, -0.1) is 0 Å². The second-order valence-corrected chi connectivity index (χ2v) is 5.74. The molecule has 21 heavy (non-hydrogen) atoms. The molecule has 1 heterocycles. The maximum absolute atomic E-state index is 11.9. The molecule has 3 N–H and O–H groups in total. The molecule has 1 unspecified atom stereocenters. The lowest BCUT2D eigenvalue weighted by atomic mass is 10.0. The van der Waals surface area contributed by atoms with E-state index >= 15 is 0 Å². The minimum absolute atomic E-state index is 0.0974. The van der Waals surface area contributed by atoms with Crippen molar-refractivity contribution in [3.63, 3.8) is 0 Å². The third kappa shape index (κ3) is 4.88. The average molecular weight is 330 g/mol. The molecule has 0 saturated carbocycles. The Labute approximate surface area is 133 Å². The number of amides is 2. The van der Waals surface area contributed by atoms with Crippen LogP contribution in [0.5, 0.6) is 0 Å². The van der Waals surface area contributed by atoms with Gasteiger partial charge in [-0.25, -0.2) is 0 Å². The van der Waals surface area contributed by atoms with Gasteiger partial charge in [0.1, 0.15) is 0 Å². The highest BCUT2D eigenvalue weighted by Crippen LogP contribution is 2.25. The Morgan fingerprint density at radius 1 is 1.29 bits per heavy atom. The maximum atomic E-state index is 11.9. The summed E-state index contributed by atoms with van der Waals surface area (Å²) in [5.74, 6) is -0.495. The standard InChI is InChI=1S/C14H17Cl2N3O2/c15-9-4-5-10(16)12(7-9)19-13(20)8-18-14(21)11-3-1-2-6-17-11/h4-5,7,11,17H,1-3,6,8H2,(H,18,21)(H,19,20). The Balaban J connectivity index is 1.81. The van der Waals surface area contributed by atoms with Crippen LogP contribution in [0.1, 0.15) is 19.3 Å². The fraction of sp³-hybridized carbons (Fsp3) is 0.429. The molecule has 1 atom stereocenters. The molecule has 114 valence electrons. The maximum Gasteiger partial charge on any atom is 0.243 e. The number of hydrogen-bond donors (Lipinski definition) is 3. The minimum Gasteiger partial charge on any atom is -0.346 e. The van der Waals surface area contributed by atoms with E-state index in [9.17, 15) is 9.59 Å². The SMILES string of the molecule is O=C(CNC(=O)C1CCCCN1)Nc1cc(Cl)ccc1Cl. The van der Waals surface area contributed by atoms with Gasteiger partial charge in [-0.2, -0.15) is 0 Å². The van der Waals surface area contributed by atoms with Crippen LogP contribution in [0.2, 0.25) is 10.0 Å². The third-order valence-electron chi connectivity index (χ3n) is 3.25. The summed E-state index contributed by atoms with van der Waals surface area (Å²) in [5.41, 5.74) is 0.430. The highest BCUT2D eigenvalue weighted by molar-refractivity contribution is 6.35. The van der Waals surface area contributed by atoms with Crippen LogP contribution in [-0.4, -0.2) is 30.9 Å². The van der Waals surface area contributed by atoms with Gasteiger partial charge in [0.2, 0.25) is 11.8 Å². The fourth-order valence-corrected chi connectivity index (χ4v) is 2.49. The van der Waals surface area contributed by atoms with Crippen LogP contribution < -0.4 is 16.0 Å². The van der Waals surface area contributed by atoms with Crippen molar-refractivity contribution < 1.29 is 9.59 Å². The highest BCUT2D eigenvalue weighted by Gasteiger charge is 2.20. The van der Waals surface area contributed by atoms with Gasteiger partial charge in [0.05, 0.1) is 23.3 Å². The number of piperidine rings is 1. The van der Waals surface area contributed by atoms with E-state index < -0.39 is 0 Å². The van der Waals surface area contributed by atoms with E-state index in [1.807, 2.05) is 0 Å². The van der Waals surface area contributed by atoms with Crippen molar-refractivity contribution in [1.29, 1.82) is 0 Å². The lowest BCUT2D eigenvalue weighted by Gasteiger charge is -2.22. The van der Waals surface area contributed by atoms with Crippen molar-refractivity contribution >= 4 is 40.7 Å². The summed E-state index contributed by atoms with van der Waals surface area (Å²) in [5, 5.41) is 9.24. The number of carbonyl (C=O) groups is 2. The highest BCUT2D eigenvalue weighted by atomic mass is 35.5. The number of nitrogens with one attached hydrogen (secondary N) is 3. The van der Waals surface area contributed by atoms with E-state index in [2.05, 4.69) is 16.0 Å². The van der Waals surface area contributed by atoms with Gasteiger partial charge >= 0.3 is 0 Å². The van der Waals surface area contributed by atoms with Gasteiger partial charge in [0, 0.05) is 5.02 Å². The predicted molar refractivity (Wildman–Crippen MR) is 83.7 cm³/mol. The summed E-state index contributed by atoms with van der Waals surface area (Å²) in [4.78, 5) is 23.7. The van der Waals surface area contributed by atoms with E-state index in [1.165, 1.54) is 0 Å². The molecule has 1 aliphatic rings. The molecule has 0 aliphatic carbocycles. The second kappa shape index (κ2) is 7.64. The molecule has 1 fully saturated rings. The molecule has 7 heteroatoms. The summed E-state index contributed by atoms with van der Waals surface area (Å²) in [6, 6.07) is 4.59. The van der Waals surface area contributed by atoms with E-state index in [1.54, 1.807) is 18.2 Å². The summed E-state index contributed by atoms with van der Waals surface area (Å²) in [6.45, 7) is 0.738. The number of halogens is 2. The lowest BCUT2D eigenvalue weighted by molar-refractivity contribution is -0.126. The molecule has 1 aromatic rings. The van der Waals surface area contributed by atoms with Crippen molar-refractivity contribution in [3.05, 3.63) is 28.2 Å². The van der Waals surface area contributed by atoms with Gasteiger partial charge in [-0.3, -0.25) is 9.59 Å². The Morgan fingerprint density at radius 2 is 2.10 bits per heavy atom. The lowest BCUT2D eigenvalue weighted by Crippen LogP contribution is -2.48. The van der Waals surface area contributed by atoms with Crippen LogP contribution in [0.15, 0.2) is 18.2 Å². The summed E-state index contributed by atoms with van der Waals surface area (Å²) < 4.78 is 0. The van der Waals surface area contributed by atoms with Gasteiger partial charge in [-0.1, -0.05) is 29.6 Å². The van der Waals surface area contributed by atoms with Gasteiger partial charge in [0.15, 0.2) is 0 Å². The topological polar surface area (TPSA) is 70.2 Å². The average Bonchev–Trinajstić information content (AvgIpc) is 2.49. The van der Waals surface area contributed by atoms with Crippen LogP contribution in [0, 0.1) is 0 Å². The molecule has 5 nitrogen and oxygen atoms in total. The summed E-state index contributed by atoms with van der Waals surface area (Å²) in [6.07, 6.45) is 2.90. The Morgan fingerprint density at radius 3 is 2.81 bits per heavy atom. The third-order valence-corrected chi connectivity index (χ3v) is 3.82. The molecule has 2 amide bonds. The van der Waals surface area contributed by atoms with Gasteiger partial charge in [0.25, 0.3) is 0 Å². The van der Waals surface area contributed by atoms with Crippen LogP contribution in [-0.2, 0) is 9.59 Å². The molecule has 2 rings (SSSR count). The molecule has 0 spiro atoms. The van der Waals surface area contributed by atoms with Crippen molar-refractivity contribution in [3.8, 4) is 0 Å². The quantitative estimate of drug-likeness (QED) is 0.793. The molecule has 1 aromatic carbocycles. The van der Waals surface area contributed by atoms with Crippen molar-refractivity contribution in [1.82, 2.24) is 10.6 Å². The van der Waals surface area contributed by atoms with Gasteiger partial charge in [-0.05, 0) is 37.6 Å². The smallest absolute Gasteiger partial charge is 0.243 e. The first kappa shape index (κ1) is 16.1. The predicted octanol–water partition coefficient (Wildman–Crippen LogP) is 2.19.